The van der Waals surface area contributed by atoms with Crippen molar-refractivity contribution in [3.05, 3.63) is 83.9 Å². The van der Waals surface area contributed by atoms with Crippen molar-refractivity contribution in [1.82, 2.24) is 0 Å². The van der Waals surface area contributed by atoms with Gasteiger partial charge in [0, 0.05) is 38.3 Å². The van der Waals surface area contributed by atoms with Crippen LogP contribution in [0.5, 0.6) is 11.5 Å². The van der Waals surface area contributed by atoms with E-state index in [9.17, 15) is 14.7 Å². The number of carboxylic acids is 2. The van der Waals surface area contributed by atoms with E-state index in [1.807, 2.05) is 54.6 Å². The number of rotatable bonds is 18. The molecule has 2 unspecified atom stereocenters. The minimum absolute atomic E-state index is 0.0129. The standard InChI is InChI=1S/C29H34N2O5.C6H14N4O2/c1-2-34-28(29(32)33)20-22-8-12-24(13-9-22)30-21-23-10-14-25(15-11-23)35-18-5-16-31-17-19-36-27-7-4-3-6-26(27)31;7-4(5(11)12)2-1-3-10-6(8)9/h3-4,6-15,28,30H,2,5,16-21H2,1H3,(H,32,33);4H,1-3,7H2,(H,11,12)(H4,8,9,10). The van der Waals surface area contributed by atoms with E-state index in [1.54, 1.807) is 6.92 Å². The molecule has 260 valence electrons. The molecule has 0 radical (unpaired) electrons. The highest BCUT2D eigenvalue weighted by Gasteiger charge is 2.18. The third-order valence-corrected chi connectivity index (χ3v) is 7.39. The van der Waals surface area contributed by atoms with Crippen molar-refractivity contribution in [2.45, 2.75) is 51.3 Å². The summed E-state index contributed by atoms with van der Waals surface area (Å²) >= 11 is 0. The lowest BCUT2D eigenvalue weighted by Crippen LogP contribution is -2.34. The van der Waals surface area contributed by atoms with Crippen LogP contribution in [-0.4, -0.2) is 79.7 Å². The smallest absolute Gasteiger partial charge is 0.333 e. The van der Waals surface area contributed by atoms with E-state index in [2.05, 4.69) is 33.4 Å². The zero-order valence-corrected chi connectivity index (χ0v) is 27.4. The van der Waals surface area contributed by atoms with Crippen LogP contribution >= 0.6 is 0 Å². The lowest BCUT2D eigenvalue weighted by Gasteiger charge is -2.31. The van der Waals surface area contributed by atoms with Crippen LogP contribution in [0.25, 0.3) is 0 Å². The number of para-hydroxylation sites is 2. The van der Waals surface area contributed by atoms with Gasteiger partial charge in [-0.3, -0.25) is 9.79 Å². The maximum absolute atomic E-state index is 11.3. The first kappa shape index (κ1) is 37.4. The highest BCUT2D eigenvalue weighted by Crippen LogP contribution is 2.30. The van der Waals surface area contributed by atoms with Gasteiger partial charge in [-0.15, -0.1) is 0 Å². The van der Waals surface area contributed by atoms with Gasteiger partial charge in [0.15, 0.2) is 12.1 Å². The number of hydrogen-bond acceptors (Lipinski definition) is 9. The third kappa shape index (κ3) is 13.4. The topological polar surface area (TPSA) is 208 Å². The molecule has 0 amide bonds. The second-order valence-electron chi connectivity index (χ2n) is 11.1. The molecule has 0 saturated carbocycles. The minimum Gasteiger partial charge on any atom is -0.494 e. The maximum Gasteiger partial charge on any atom is 0.333 e. The van der Waals surface area contributed by atoms with Gasteiger partial charge in [-0.25, -0.2) is 4.79 Å². The summed E-state index contributed by atoms with van der Waals surface area (Å²) in [5.74, 6) is -0.0982. The molecule has 0 saturated heterocycles. The molecule has 48 heavy (non-hydrogen) atoms. The lowest BCUT2D eigenvalue weighted by molar-refractivity contribution is -0.150. The molecule has 3 aromatic carbocycles. The van der Waals surface area contributed by atoms with Crippen molar-refractivity contribution < 1.29 is 34.0 Å². The Kier molecular flexibility index (Phi) is 15.8. The van der Waals surface area contributed by atoms with Crippen LogP contribution in [0.3, 0.4) is 0 Å². The molecule has 2 atom stereocenters. The van der Waals surface area contributed by atoms with Gasteiger partial charge >= 0.3 is 11.9 Å². The van der Waals surface area contributed by atoms with Crippen molar-refractivity contribution in [3.63, 3.8) is 0 Å². The van der Waals surface area contributed by atoms with Crippen LogP contribution in [0.1, 0.15) is 37.3 Å². The number of carbonyl (C=O) groups is 2. The molecule has 9 N–H and O–H groups in total. The molecule has 1 aliphatic heterocycles. The van der Waals surface area contributed by atoms with E-state index in [-0.39, 0.29) is 5.96 Å². The molecular weight excluding hydrogens is 616 g/mol. The SMILES string of the molecule is CCOC(Cc1ccc(NCc2ccc(OCCCN3CCOc4ccccc43)cc2)cc1)C(=O)O.NC(N)=NCCCC(N)C(=O)O. The van der Waals surface area contributed by atoms with E-state index in [0.29, 0.717) is 45.6 Å². The van der Waals surface area contributed by atoms with Crippen molar-refractivity contribution in [3.8, 4) is 11.5 Å². The van der Waals surface area contributed by atoms with Crippen LogP contribution in [0.15, 0.2) is 77.8 Å². The summed E-state index contributed by atoms with van der Waals surface area (Å²) in [7, 11) is 0. The number of aliphatic imine (C=N–C) groups is 1. The second kappa shape index (κ2) is 20.3. The van der Waals surface area contributed by atoms with Crippen LogP contribution in [0, 0.1) is 0 Å². The number of guanidine groups is 1. The maximum atomic E-state index is 11.3. The molecule has 0 fully saturated rings. The molecule has 1 heterocycles. The minimum atomic E-state index is -1.00. The van der Waals surface area contributed by atoms with Gasteiger partial charge in [0.1, 0.15) is 24.1 Å². The van der Waals surface area contributed by atoms with Gasteiger partial charge in [0.05, 0.1) is 18.8 Å². The Balaban J connectivity index is 0.000000444. The van der Waals surface area contributed by atoms with E-state index in [0.717, 1.165) is 60.1 Å². The molecule has 0 bridgehead atoms. The van der Waals surface area contributed by atoms with Crippen molar-refractivity contribution in [2.75, 3.05) is 49.7 Å². The van der Waals surface area contributed by atoms with E-state index >= 15 is 0 Å². The summed E-state index contributed by atoms with van der Waals surface area (Å²) in [6.07, 6.45) is 1.43. The van der Waals surface area contributed by atoms with Crippen molar-refractivity contribution in [2.24, 2.45) is 22.2 Å². The number of ether oxygens (including phenoxy) is 3. The van der Waals surface area contributed by atoms with Crippen LogP contribution in [0.4, 0.5) is 11.4 Å². The van der Waals surface area contributed by atoms with Gasteiger partial charge in [-0.05, 0) is 73.7 Å². The molecule has 4 rings (SSSR count). The lowest BCUT2D eigenvalue weighted by atomic mass is 10.1. The summed E-state index contributed by atoms with van der Waals surface area (Å²) in [4.78, 5) is 27.5. The fourth-order valence-corrected chi connectivity index (χ4v) is 4.85. The Morgan fingerprint density at radius 1 is 0.979 bits per heavy atom. The molecular formula is C35H48N6O7. The number of benzene rings is 3. The zero-order valence-electron chi connectivity index (χ0n) is 27.4. The van der Waals surface area contributed by atoms with Gasteiger partial charge in [0.2, 0.25) is 0 Å². The average molecular weight is 665 g/mol. The first-order chi connectivity index (χ1) is 23.2. The predicted molar refractivity (Wildman–Crippen MR) is 187 cm³/mol. The number of anilines is 2. The number of nitrogens with two attached hydrogens (primary N) is 3. The monoisotopic (exact) mass is 664 g/mol. The first-order valence-electron chi connectivity index (χ1n) is 16.1. The normalized spacial score (nSPS) is 13.1. The fourth-order valence-electron chi connectivity index (χ4n) is 4.85. The van der Waals surface area contributed by atoms with E-state index in [1.165, 1.54) is 0 Å². The van der Waals surface area contributed by atoms with Gasteiger partial charge in [0.25, 0.3) is 0 Å². The Morgan fingerprint density at radius 2 is 1.69 bits per heavy atom. The Bertz CT molecular complexity index is 1430. The number of nitrogens with one attached hydrogen (secondary N) is 1. The molecule has 0 aliphatic carbocycles. The molecule has 3 aromatic rings. The van der Waals surface area contributed by atoms with E-state index in [4.69, 9.17) is 36.5 Å². The first-order valence-corrected chi connectivity index (χ1v) is 16.1. The Labute approximate surface area is 281 Å². The number of aliphatic carboxylic acids is 2. The van der Waals surface area contributed by atoms with Crippen LogP contribution in [-0.2, 0) is 27.3 Å². The molecule has 0 aromatic heterocycles. The highest BCUT2D eigenvalue weighted by molar-refractivity contribution is 5.75. The van der Waals surface area contributed by atoms with Crippen molar-refractivity contribution >= 4 is 29.3 Å². The third-order valence-electron chi connectivity index (χ3n) is 7.39. The fraction of sp³-hybridized carbons (Fsp3) is 0.400. The number of carboxylic acid groups (broad SMARTS) is 2. The van der Waals surface area contributed by atoms with Gasteiger partial charge in [-0.1, -0.05) is 36.4 Å². The Hall–Kier alpha value is -5.01. The van der Waals surface area contributed by atoms with Gasteiger partial charge in [-0.2, -0.15) is 0 Å². The molecule has 1 aliphatic rings. The number of nitrogens with zero attached hydrogens (tertiary/aromatic N) is 2. The molecule has 13 heteroatoms. The summed E-state index contributed by atoms with van der Waals surface area (Å²) in [6.45, 7) is 6.50. The number of hydrogen-bond donors (Lipinski definition) is 6. The summed E-state index contributed by atoms with van der Waals surface area (Å²) in [5.41, 5.74) is 19.5. The van der Waals surface area contributed by atoms with E-state index < -0.39 is 24.1 Å². The van der Waals surface area contributed by atoms with Crippen molar-refractivity contribution in [1.29, 1.82) is 0 Å². The number of fused-ring (bicyclic) bond motifs is 1. The van der Waals surface area contributed by atoms with Crippen LogP contribution < -0.4 is 36.9 Å². The Morgan fingerprint density at radius 3 is 2.35 bits per heavy atom. The summed E-state index contributed by atoms with van der Waals surface area (Å²) < 4.78 is 17.0. The molecule has 0 spiro atoms. The largest absolute Gasteiger partial charge is 0.494 e. The molecule has 13 nitrogen and oxygen atoms in total. The van der Waals surface area contributed by atoms with Gasteiger partial charge < -0.3 is 51.8 Å². The second-order valence-corrected chi connectivity index (χ2v) is 11.1. The summed E-state index contributed by atoms with van der Waals surface area (Å²) in [5, 5.41) is 21.0. The zero-order chi connectivity index (χ0) is 34.7. The predicted octanol–water partition coefficient (Wildman–Crippen LogP) is 3.45. The quantitative estimate of drug-likeness (QED) is 0.0657. The average Bonchev–Trinajstić information content (AvgIpc) is 3.08. The van der Waals surface area contributed by atoms with Crippen LogP contribution in [0.2, 0.25) is 0 Å². The highest BCUT2D eigenvalue weighted by atomic mass is 16.5. The summed E-state index contributed by atoms with van der Waals surface area (Å²) in [6, 6.07) is 23.3.